The van der Waals surface area contributed by atoms with E-state index in [0.29, 0.717) is 22.9 Å². The van der Waals surface area contributed by atoms with Crippen LogP contribution in [-0.4, -0.2) is 12.2 Å². The number of hydrogen-bond acceptors (Lipinski definition) is 4. The van der Waals surface area contributed by atoms with Crippen molar-refractivity contribution in [2.24, 2.45) is 0 Å². The standard InChI is InChI=1S/C17H22N2O2/c1-11-8-9-15(19)17(10-11)21-13(3)12(2)20-16-7-5-4-6-14(16)18/h4-10,12-13H,18-19H2,1-3H3. The van der Waals surface area contributed by atoms with Crippen molar-refractivity contribution in [3.8, 4) is 11.5 Å². The van der Waals surface area contributed by atoms with Crippen molar-refractivity contribution in [1.29, 1.82) is 0 Å². The molecule has 112 valence electrons. The average molecular weight is 286 g/mol. The summed E-state index contributed by atoms with van der Waals surface area (Å²) in [6.07, 6.45) is -0.316. The summed E-state index contributed by atoms with van der Waals surface area (Å²) in [6, 6.07) is 13.2. The van der Waals surface area contributed by atoms with Crippen LogP contribution in [0.15, 0.2) is 42.5 Å². The number of aryl methyl sites for hydroxylation is 1. The highest BCUT2D eigenvalue weighted by Gasteiger charge is 2.17. The molecule has 2 atom stereocenters. The first-order valence-electron chi connectivity index (χ1n) is 7.01. The molecular weight excluding hydrogens is 264 g/mol. The smallest absolute Gasteiger partial charge is 0.143 e. The molecule has 4 heteroatoms. The van der Waals surface area contributed by atoms with Gasteiger partial charge in [0.15, 0.2) is 0 Å². The van der Waals surface area contributed by atoms with Gasteiger partial charge >= 0.3 is 0 Å². The molecule has 0 saturated heterocycles. The van der Waals surface area contributed by atoms with Crippen LogP contribution in [0.2, 0.25) is 0 Å². The Kier molecular flexibility index (Phi) is 4.58. The lowest BCUT2D eigenvalue weighted by molar-refractivity contribution is 0.0790. The van der Waals surface area contributed by atoms with E-state index in [9.17, 15) is 0 Å². The Morgan fingerprint density at radius 1 is 0.810 bits per heavy atom. The highest BCUT2D eigenvalue weighted by atomic mass is 16.5. The summed E-state index contributed by atoms with van der Waals surface area (Å²) < 4.78 is 11.8. The molecule has 0 spiro atoms. The summed E-state index contributed by atoms with van der Waals surface area (Å²) in [5.41, 5.74) is 14.2. The molecule has 0 bridgehead atoms. The van der Waals surface area contributed by atoms with Crippen LogP contribution in [0.4, 0.5) is 11.4 Å². The third kappa shape index (κ3) is 3.81. The predicted octanol–water partition coefficient (Wildman–Crippen LogP) is 3.39. The van der Waals surface area contributed by atoms with E-state index in [1.807, 2.05) is 63.2 Å². The third-order valence-electron chi connectivity index (χ3n) is 3.37. The second-order valence-electron chi connectivity index (χ2n) is 5.23. The molecule has 0 fully saturated rings. The zero-order valence-corrected chi connectivity index (χ0v) is 12.7. The van der Waals surface area contributed by atoms with E-state index in [1.165, 1.54) is 0 Å². The zero-order chi connectivity index (χ0) is 15.4. The van der Waals surface area contributed by atoms with Gasteiger partial charge in [-0.3, -0.25) is 0 Å². The maximum Gasteiger partial charge on any atom is 0.143 e. The normalized spacial score (nSPS) is 13.5. The Labute approximate surface area is 125 Å². The highest BCUT2D eigenvalue weighted by Crippen LogP contribution is 2.26. The Bertz CT molecular complexity index is 613. The molecule has 0 radical (unpaired) electrons. The number of para-hydroxylation sites is 2. The summed E-state index contributed by atoms with van der Waals surface area (Å²) in [6.45, 7) is 5.90. The summed E-state index contributed by atoms with van der Waals surface area (Å²) in [5, 5.41) is 0. The first kappa shape index (κ1) is 15.0. The topological polar surface area (TPSA) is 70.5 Å². The van der Waals surface area contributed by atoms with Crippen molar-refractivity contribution in [3.05, 3.63) is 48.0 Å². The maximum absolute atomic E-state index is 5.93. The minimum Gasteiger partial charge on any atom is -0.485 e. The monoisotopic (exact) mass is 286 g/mol. The minimum absolute atomic E-state index is 0.158. The molecule has 0 heterocycles. The van der Waals surface area contributed by atoms with Crippen LogP contribution < -0.4 is 20.9 Å². The van der Waals surface area contributed by atoms with E-state index >= 15 is 0 Å². The number of nitrogens with two attached hydrogens (primary N) is 2. The molecule has 21 heavy (non-hydrogen) atoms. The predicted molar refractivity (Wildman–Crippen MR) is 86.6 cm³/mol. The van der Waals surface area contributed by atoms with Crippen LogP contribution in [0.25, 0.3) is 0 Å². The summed E-state index contributed by atoms with van der Waals surface area (Å²) >= 11 is 0. The van der Waals surface area contributed by atoms with E-state index in [-0.39, 0.29) is 12.2 Å². The highest BCUT2D eigenvalue weighted by molar-refractivity contribution is 5.54. The van der Waals surface area contributed by atoms with Gasteiger partial charge in [-0.15, -0.1) is 0 Å². The summed E-state index contributed by atoms with van der Waals surface area (Å²) in [5.74, 6) is 1.34. The van der Waals surface area contributed by atoms with E-state index in [4.69, 9.17) is 20.9 Å². The molecule has 2 unspecified atom stereocenters. The summed E-state index contributed by atoms with van der Waals surface area (Å²) in [7, 11) is 0. The van der Waals surface area contributed by atoms with Crippen LogP contribution in [0.1, 0.15) is 19.4 Å². The molecule has 2 rings (SSSR count). The van der Waals surface area contributed by atoms with Gasteiger partial charge in [-0.05, 0) is 50.6 Å². The average Bonchev–Trinajstić information content (AvgIpc) is 2.45. The lowest BCUT2D eigenvalue weighted by Crippen LogP contribution is -2.31. The molecule has 0 aromatic heterocycles. The number of benzene rings is 2. The van der Waals surface area contributed by atoms with Crippen molar-refractivity contribution in [3.63, 3.8) is 0 Å². The van der Waals surface area contributed by atoms with Crippen LogP contribution in [0, 0.1) is 6.92 Å². The number of ether oxygens (including phenoxy) is 2. The van der Waals surface area contributed by atoms with Crippen molar-refractivity contribution in [1.82, 2.24) is 0 Å². The molecule has 4 N–H and O–H groups in total. The van der Waals surface area contributed by atoms with Crippen LogP contribution >= 0.6 is 0 Å². The van der Waals surface area contributed by atoms with Gasteiger partial charge in [0.05, 0.1) is 11.4 Å². The molecule has 0 aliphatic rings. The minimum atomic E-state index is -0.159. The lowest BCUT2D eigenvalue weighted by atomic mass is 10.2. The molecule has 0 aliphatic heterocycles. The van der Waals surface area contributed by atoms with Gasteiger partial charge in [-0.25, -0.2) is 0 Å². The van der Waals surface area contributed by atoms with E-state index in [2.05, 4.69) is 0 Å². The van der Waals surface area contributed by atoms with Gasteiger partial charge in [0.25, 0.3) is 0 Å². The van der Waals surface area contributed by atoms with Crippen LogP contribution in [0.5, 0.6) is 11.5 Å². The second-order valence-corrected chi connectivity index (χ2v) is 5.23. The first-order chi connectivity index (χ1) is 9.97. The van der Waals surface area contributed by atoms with Gasteiger partial charge in [-0.2, -0.15) is 0 Å². The van der Waals surface area contributed by atoms with Gasteiger partial charge in [0.2, 0.25) is 0 Å². The van der Waals surface area contributed by atoms with Gasteiger partial charge in [0.1, 0.15) is 23.7 Å². The SMILES string of the molecule is Cc1ccc(N)c(OC(C)C(C)Oc2ccccc2N)c1. The first-order valence-corrected chi connectivity index (χ1v) is 7.01. The lowest BCUT2D eigenvalue weighted by Gasteiger charge is -2.24. The van der Waals surface area contributed by atoms with E-state index < -0.39 is 0 Å². The fraction of sp³-hybridized carbons (Fsp3) is 0.294. The second kappa shape index (κ2) is 6.39. The molecule has 4 nitrogen and oxygen atoms in total. The molecule has 2 aromatic rings. The van der Waals surface area contributed by atoms with Crippen LogP contribution in [0.3, 0.4) is 0 Å². The van der Waals surface area contributed by atoms with Crippen molar-refractivity contribution in [2.75, 3.05) is 11.5 Å². The molecule has 2 aromatic carbocycles. The molecular formula is C17H22N2O2. The number of rotatable bonds is 5. The van der Waals surface area contributed by atoms with Crippen molar-refractivity contribution in [2.45, 2.75) is 33.0 Å². The largest absolute Gasteiger partial charge is 0.485 e. The Hall–Kier alpha value is -2.36. The van der Waals surface area contributed by atoms with Gasteiger partial charge in [-0.1, -0.05) is 18.2 Å². The maximum atomic E-state index is 5.93. The summed E-state index contributed by atoms with van der Waals surface area (Å²) in [4.78, 5) is 0. The Balaban J connectivity index is 2.04. The third-order valence-corrected chi connectivity index (χ3v) is 3.37. The quantitative estimate of drug-likeness (QED) is 0.826. The Morgan fingerprint density at radius 3 is 2.05 bits per heavy atom. The molecule has 0 aliphatic carbocycles. The fourth-order valence-electron chi connectivity index (χ4n) is 1.92. The molecule has 0 saturated carbocycles. The zero-order valence-electron chi connectivity index (χ0n) is 12.7. The molecule has 0 amide bonds. The van der Waals surface area contributed by atoms with Crippen molar-refractivity contribution < 1.29 is 9.47 Å². The number of anilines is 2. The number of hydrogen-bond donors (Lipinski definition) is 2. The van der Waals surface area contributed by atoms with E-state index in [1.54, 1.807) is 0 Å². The van der Waals surface area contributed by atoms with Gasteiger partial charge < -0.3 is 20.9 Å². The van der Waals surface area contributed by atoms with Gasteiger partial charge in [0, 0.05) is 0 Å². The number of nitrogen functional groups attached to an aromatic ring is 2. The Morgan fingerprint density at radius 2 is 1.38 bits per heavy atom. The van der Waals surface area contributed by atoms with Crippen LogP contribution in [-0.2, 0) is 0 Å². The fourth-order valence-corrected chi connectivity index (χ4v) is 1.92. The van der Waals surface area contributed by atoms with Crippen molar-refractivity contribution >= 4 is 11.4 Å². The van der Waals surface area contributed by atoms with E-state index in [0.717, 1.165) is 5.56 Å².